The molecule has 2 aliphatic rings. The summed E-state index contributed by atoms with van der Waals surface area (Å²) in [5.41, 5.74) is 4.40. The van der Waals surface area contributed by atoms with Crippen LogP contribution in [0.5, 0.6) is 0 Å². The molecule has 1 fully saturated rings. The fraction of sp³-hybridized carbons (Fsp3) is 0.417. The number of aliphatic hydroxyl groups excluding tert-OH is 3. The van der Waals surface area contributed by atoms with E-state index in [4.69, 9.17) is 9.47 Å². The standard InChI is InChI=1S/C24H28N2O7/c1-13-19(11-27)33-23(22(30)21(13)29)26-20(28)10-25-24(31)32-12-18-16-8-4-2-6-14(16)15-7-3-5-9-17(15)18/h2-9,13,18-19,21-23,27,29-30H,10-12H2,1H3,(H,25,31)(H,26,28)/t13?,19?,21-,22?,23+/m0/s1. The van der Waals surface area contributed by atoms with Crippen molar-refractivity contribution in [2.24, 2.45) is 5.92 Å². The number of alkyl carbamates (subject to hydrolysis) is 1. The summed E-state index contributed by atoms with van der Waals surface area (Å²) >= 11 is 0. The highest BCUT2D eigenvalue weighted by Gasteiger charge is 2.42. The number of hydrogen-bond acceptors (Lipinski definition) is 7. The van der Waals surface area contributed by atoms with E-state index in [1.807, 2.05) is 48.5 Å². The van der Waals surface area contributed by atoms with E-state index >= 15 is 0 Å². The van der Waals surface area contributed by atoms with Gasteiger partial charge in [-0.25, -0.2) is 4.79 Å². The summed E-state index contributed by atoms with van der Waals surface area (Å²) in [4.78, 5) is 24.4. The summed E-state index contributed by atoms with van der Waals surface area (Å²) in [6.07, 6.45) is -5.22. The average molecular weight is 456 g/mol. The van der Waals surface area contributed by atoms with Gasteiger partial charge in [-0.2, -0.15) is 0 Å². The van der Waals surface area contributed by atoms with Gasteiger partial charge in [0, 0.05) is 11.8 Å². The normalized spacial score (nSPS) is 26.2. The van der Waals surface area contributed by atoms with Gasteiger partial charge in [0.05, 0.1) is 18.8 Å². The molecule has 0 radical (unpaired) electrons. The van der Waals surface area contributed by atoms with E-state index < -0.39 is 49.0 Å². The Morgan fingerprint density at radius 1 is 1.00 bits per heavy atom. The van der Waals surface area contributed by atoms with Gasteiger partial charge >= 0.3 is 6.09 Å². The third kappa shape index (κ3) is 4.72. The zero-order chi connectivity index (χ0) is 23.5. The Balaban J connectivity index is 1.28. The van der Waals surface area contributed by atoms with Crippen LogP contribution in [0.25, 0.3) is 11.1 Å². The lowest BCUT2D eigenvalue weighted by atomic mass is 9.90. The molecule has 3 unspecified atom stereocenters. The Kier molecular flexibility index (Phi) is 6.94. The minimum Gasteiger partial charge on any atom is -0.449 e. The number of amides is 2. The minimum atomic E-state index is -1.36. The molecule has 33 heavy (non-hydrogen) atoms. The predicted molar refractivity (Wildman–Crippen MR) is 118 cm³/mol. The van der Waals surface area contributed by atoms with Crippen molar-refractivity contribution in [2.45, 2.75) is 37.4 Å². The number of rotatable bonds is 6. The van der Waals surface area contributed by atoms with Crippen molar-refractivity contribution in [2.75, 3.05) is 19.8 Å². The van der Waals surface area contributed by atoms with Crippen LogP contribution in [0.4, 0.5) is 4.79 Å². The summed E-state index contributed by atoms with van der Waals surface area (Å²) in [5.74, 6) is -1.23. The van der Waals surface area contributed by atoms with Gasteiger partial charge in [0.1, 0.15) is 19.3 Å². The van der Waals surface area contributed by atoms with Gasteiger partial charge < -0.3 is 35.4 Å². The molecule has 4 rings (SSSR count). The zero-order valence-electron chi connectivity index (χ0n) is 18.2. The predicted octanol–water partition coefficient (Wildman–Crippen LogP) is 0.716. The maximum atomic E-state index is 12.2. The molecule has 1 aliphatic heterocycles. The number of nitrogens with one attached hydrogen (secondary N) is 2. The Morgan fingerprint density at radius 3 is 2.21 bits per heavy atom. The first-order valence-corrected chi connectivity index (χ1v) is 10.9. The SMILES string of the molecule is CC1C(CO)O[C@@H](NC(=O)CNC(=O)OCC2c3ccccc3-c3ccccc32)C(O)[C@H]1O. The number of ether oxygens (including phenoxy) is 2. The van der Waals surface area contributed by atoms with Gasteiger partial charge in [0.2, 0.25) is 5.91 Å². The summed E-state index contributed by atoms with van der Waals surface area (Å²) in [6, 6.07) is 15.9. The van der Waals surface area contributed by atoms with E-state index in [9.17, 15) is 24.9 Å². The second-order valence-electron chi connectivity index (χ2n) is 8.36. The third-order valence-corrected chi connectivity index (χ3v) is 6.33. The monoisotopic (exact) mass is 456 g/mol. The fourth-order valence-corrected chi connectivity index (χ4v) is 4.44. The fourth-order valence-electron chi connectivity index (χ4n) is 4.44. The average Bonchev–Trinajstić information content (AvgIpc) is 3.15. The first kappa shape index (κ1) is 23.2. The van der Waals surface area contributed by atoms with Gasteiger partial charge in [-0.15, -0.1) is 0 Å². The molecule has 0 spiro atoms. The molecule has 5 N–H and O–H groups in total. The smallest absolute Gasteiger partial charge is 0.407 e. The van der Waals surface area contributed by atoms with Crippen LogP contribution in [-0.4, -0.2) is 71.6 Å². The molecule has 9 heteroatoms. The van der Waals surface area contributed by atoms with Crippen LogP contribution in [0, 0.1) is 5.92 Å². The number of carbonyl (C=O) groups is 2. The first-order valence-electron chi connectivity index (χ1n) is 10.9. The molecule has 2 aromatic carbocycles. The van der Waals surface area contributed by atoms with Crippen molar-refractivity contribution in [3.63, 3.8) is 0 Å². The van der Waals surface area contributed by atoms with E-state index in [-0.39, 0.29) is 19.1 Å². The van der Waals surface area contributed by atoms with E-state index in [1.54, 1.807) is 6.92 Å². The molecule has 2 aromatic rings. The highest BCUT2D eigenvalue weighted by Crippen LogP contribution is 2.44. The van der Waals surface area contributed by atoms with Crippen LogP contribution in [0.1, 0.15) is 24.0 Å². The van der Waals surface area contributed by atoms with Crippen molar-refractivity contribution in [1.82, 2.24) is 10.6 Å². The molecular weight excluding hydrogens is 428 g/mol. The molecule has 1 heterocycles. The van der Waals surface area contributed by atoms with Gasteiger partial charge in [-0.05, 0) is 22.3 Å². The van der Waals surface area contributed by atoms with E-state index in [1.165, 1.54) is 0 Å². The van der Waals surface area contributed by atoms with Crippen molar-refractivity contribution in [3.05, 3.63) is 59.7 Å². The Hall–Kier alpha value is -2.98. The topological polar surface area (TPSA) is 137 Å². The maximum absolute atomic E-state index is 12.2. The third-order valence-electron chi connectivity index (χ3n) is 6.33. The summed E-state index contributed by atoms with van der Waals surface area (Å²) in [7, 11) is 0. The lowest BCUT2D eigenvalue weighted by molar-refractivity contribution is -0.213. The van der Waals surface area contributed by atoms with Gasteiger partial charge in [-0.1, -0.05) is 55.5 Å². The molecule has 0 aromatic heterocycles. The highest BCUT2D eigenvalue weighted by atomic mass is 16.6. The summed E-state index contributed by atoms with van der Waals surface area (Å²) < 4.78 is 10.8. The quantitative estimate of drug-likeness (QED) is 0.432. The molecule has 1 aliphatic carbocycles. The lowest BCUT2D eigenvalue weighted by Gasteiger charge is -2.41. The number of fused-ring (bicyclic) bond motifs is 3. The molecule has 2 amide bonds. The van der Waals surface area contributed by atoms with Crippen LogP contribution < -0.4 is 10.6 Å². The van der Waals surface area contributed by atoms with E-state index in [0.29, 0.717) is 0 Å². The minimum absolute atomic E-state index is 0.0957. The van der Waals surface area contributed by atoms with Crippen LogP contribution >= 0.6 is 0 Å². The van der Waals surface area contributed by atoms with Crippen LogP contribution in [0.15, 0.2) is 48.5 Å². The molecule has 5 atom stereocenters. The van der Waals surface area contributed by atoms with Crippen molar-refractivity contribution < 1.29 is 34.4 Å². The largest absolute Gasteiger partial charge is 0.449 e. The Morgan fingerprint density at radius 2 is 1.61 bits per heavy atom. The molecule has 176 valence electrons. The zero-order valence-corrected chi connectivity index (χ0v) is 18.2. The van der Waals surface area contributed by atoms with Crippen LogP contribution in [-0.2, 0) is 14.3 Å². The van der Waals surface area contributed by atoms with Gasteiger partial charge in [0.15, 0.2) is 6.23 Å². The number of carbonyl (C=O) groups excluding carboxylic acids is 2. The highest BCUT2D eigenvalue weighted by molar-refractivity contribution is 5.82. The van der Waals surface area contributed by atoms with Crippen LogP contribution in [0.2, 0.25) is 0 Å². The number of aliphatic hydroxyl groups is 3. The summed E-state index contributed by atoms with van der Waals surface area (Å²) in [5, 5.41) is 34.4. The van der Waals surface area contributed by atoms with Crippen molar-refractivity contribution >= 4 is 12.0 Å². The lowest BCUT2D eigenvalue weighted by Crippen LogP contribution is -2.61. The van der Waals surface area contributed by atoms with Gasteiger partial charge in [-0.3, -0.25) is 4.79 Å². The Labute approximate surface area is 191 Å². The van der Waals surface area contributed by atoms with E-state index in [2.05, 4.69) is 10.6 Å². The number of hydrogen-bond donors (Lipinski definition) is 5. The molecule has 1 saturated heterocycles. The second kappa shape index (κ2) is 9.88. The van der Waals surface area contributed by atoms with Crippen molar-refractivity contribution in [3.8, 4) is 11.1 Å². The molecule has 9 nitrogen and oxygen atoms in total. The van der Waals surface area contributed by atoms with Crippen LogP contribution in [0.3, 0.4) is 0 Å². The van der Waals surface area contributed by atoms with E-state index in [0.717, 1.165) is 22.3 Å². The first-order chi connectivity index (χ1) is 15.9. The molecule has 0 bridgehead atoms. The number of benzene rings is 2. The maximum Gasteiger partial charge on any atom is 0.407 e. The Bertz CT molecular complexity index is 966. The molecule has 0 saturated carbocycles. The van der Waals surface area contributed by atoms with Gasteiger partial charge in [0.25, 0.3) is 0 Å². The van der Waals surface area contributed by atoms with Crippen molar-refractivity contribution in [1.29, 1.82) is 0 Å². The molecular formula is C24H28N2O7. The summed E-state index contributed by atoms with van der Waals surface area (Å²) in [6.45, 7) is 0.980. The second-order valence-corrected chi connectivity index (χ2v) is 8.36.